The molecule has 0 atom stereocenters. The van der Waals surface area contributed by atoms with Crippen molar-refractivity contribution < 1.29 is 20.1 Å². The average Bonchev–Trinajstić information content (AvgIpc) is 1.62. The molecule has 0 unspecified atom stereocenters. The van der Waals surface area contributed by atoms with Crippen molar-refractivity contribution in [2.45, 2.75) is 25.7 Å². The average molecular weight is 337 g/mol. The van der Waals surface area contributed by atoms with Crippen LogP contribution in [0.4, 0.5) is 0 Å². The molecule has 0 aromatic rings. The SMILES string of the molecule is C1=CCCCCC=C1.Cl.[Ir]. The Balaban J connectivity index is 0. The molecule has 0 aromatic carbocycles. The van der Waals surface area contributed by atoms with Gasteiger partial charge in [-0.3, -0.25) is 0 Å². The Kier molecular flexibility index (Phi) is 12.3. The molecule has 1 rings (SSSR count). The van der Waals surface area contributed by atoms with E-state index in [-0.39, 0.29) is 32.5 Å². The minimum atomic E-state index is 0. The Bertz CT molecular complexity index is 93.8. The van der Waals surface area contributed by atoms with Crippen LogP contribution >= 0.6 is 12.4 Å². The second-order valence-corrected chi connectivity index (χ2v) is 2.14. The van der Waals surface area contributed by atoms with Gasteiger partial charge in [0, 0.05) is 20.1 Å². The quantitative estimate of drug-likeness (QED) is 0.637. The molecule has 0 heterocycles. The summed E-state index contributed by atoms with van der Waals surface area (Å²) in [5.74, 6) is 0. The first-order valence-corrected chi connectivity index (χ1v) is 3.32. The van der Waals surface area contributed by atoms with Gasteiger partial charge in [-0.25, -0.2) is 0 Å². The van der Waals surface area contributed by atoms with Crippen LogP contribution in [-0.2, 0) is 20.1 Å². The maximum Gasteiger partial charge on any atom is 0 e. The van der Waals surface area contributed by atoms with Gasteiger partial charge in [0.25, 0.3) is 0 Å². The molecule has 0 spiro atoms. The van der Waals surface area contributed by atoms with E-state index >= 15 is 0 Å². The van der Waals surface area contributed by atoms with Crippen LogP contribution in [0.3, 0.4) is 0 Å². The van der Waals surface area contributed by atoms with Crippen molar-refractivity contribution in [2.75, 3.05) is 0 Å². The third-order valence-electron chi connectivity index (χ3n) is 1.37. The summed E-state index contributed by atoms with van der Waals surface area (Å²) in [5, 5.41) is 0. The van der Waals surface area contributed by atoms with Crippen LogP contribution in [0, 0.1) is 0 Å². The van der Waals surface area contributed by atoms with Crippen LogP contribution in [0.2, 0.25) is 0 Å². The maximum absolute atomic E-state index is 2.23. The monoisotopic (exact) mass is 337 g/mol. The minimum Gasteiger partial charge on any atom is -0.147 e. The largest absolute Gasteiger partial charge is 0.147 e. The molecule has 0 saturated heterocycles. The van der Waals surface area contributed by atoms with Crippen LogP contribution < -0.4 is 0 Å². The first kappa shape index (κ1) is 13.0. The van der Waals surface area contributed by atoms with Gasteiger partial charge in [-0.1, -0.05) is 24.3 Å². The van der Waals surface area contributed by atoms with E-state index in [1.54, 1.807) is 0 Å². The summed E-state index contributed by atoms with van der Waals surface area (Å²) >= 11 is 0. The van der Waals surface area contributed by atoms with Gasteiger partial charge in [0.2, 0.25) is 0 Å². The van der Waals surface area contributed by atoms with Crippen molar-refractivity contribution in [2.24, 2.45) is 0 Å². The van der Waals surface area contributed by atoms with Crippen molar-refractivity contribution in [3.8, 4) is 0 Å². The third-order valence-corrected chi connectivity index (χ3v) is 1.37. The topological polar surface area (TPSA) is 0 Å². The fourth-order valence-electron chi connectivity index (χ4n) is 0.874. The summed E-state index contributed by atoms with van der Waals surface area (Å²) in [7, 11) is 0. The van der Waals surface area contributed by atoms with Crippen LogP contribution in [0.15, 0.2) is 24.3 Å². The molecule has 2 heteroatoms. The fraction of sp³-hybridized carbons (Fsp3) is 0.500. The summed E-state index contributed by atoms with van der Waals surface area (Å²) in [6.45, 7) is 0. The predicted octanol–water partition coefficient (Wildman–Crippen LogP) is 3.09. The van der Waals surface area contributed by atoms with Crippen LogP contribution in [0.1, 0.15) is 25.7 Å². The Morgan fingerprint density at radius 1 is 0.800 bits per heavy atom. The Morgan fingerprint density at radius 2 is 1.20 bits per heavy atom. The molecule has 0 bridgehead atoms. The summed E-state index contributed by atoms with van der Waals surface area (Å²) < 4.78 is 0. The zero-order valence-corrected chi connectivity index (χ0v) is 9.09. The molecule has 0 fully saturated rings. The third kappa shape index (κ3) is 6.54. The molecule has 1 aliphatic rings. The van der Waals surface area contributed by atoms with E-state index in [4.69, 9.17) is 0 Å². The molecule has 1 radical (unpaired) electrons. The van der Waals surface area contributed by atoms with E-state index < -0.39 is 0 Å². The molecular weight excluding hydrogens is 324 g/mol. The number of halogens is 1. The Morgan fingerprint density at radius 3 is 1.60 bits per heavy atom. The zero-order valence-electron chi connectivity index (χ0n) is 5.88. The first-order valence-electron chi connectivity index (χ1n) is 3.32. The van der Waals surface area contributed by atoms with Crippen LogP contribution in [-0.4, -0.2) is 0 Å². The molecule has 10 heavy (non-hydrogen) atoms. The molecule has 0 aromatic heterocycles. The zero-order chi connectivity index (χ0) is 5.66. The molecule has 0 saturated carbocycles. The van der Waals surface area contributed by atoms with E-state index in [2.05, 4.69) is 24.3 Å². The summed E-state index contributed by atoms with van der Waals surface area (Å²) in [6.07, 6.45) is 14.0. The van der Waals surface area contributed by atoms with Crippen molar-refractivity contribution >= 4 is 12.4 Å². The molecule has 1 aliphatic carbocycles. The summed E-state index contributed by atoms with van der Waals surface area (Å²) in [6, 6.07) is 0. The first-order chi connectivity index (χ1) is 4.00. The molecule has 0 aliphatic heterocycles. The molecular formula is C8H13ClIr. The van der Waals surface area contributed by atoms with Gasteiger partial charge >= 0.3 is 0 Å². The van der Waals surface area contributed by atoms with Crippen molar-refractivity contribution in [1.82, 2.24) is 0 Å². The van der Waals surface area contributed by atoms with Crippen molar-refractivity contribution in [3.63, 3.8) is 0 Å². The van der Waals surface area contributed by atoms with Gasteiger partial charge in [0.1, 0.15) is 0 Å². The van der Waals surface area contributed by atoms with Crippen LogP contribution in [0.5, 0.6) is 0 Å². The van der Waals surface area contributed by atoms with Crippen molar-refractivity contribution in [3.05, 3.63) is 24.3 Å². The Hall–Kier alpha value is 0.419. The van der Waals surface area contributed by atoms with E-state index in [1.165, 1.54) is 25.7 Å². The normalized spacial score (nSPS) is 16.0. The molecule has 61 valence electrons. The number of rotatable bonds is 0. The van der Waals surface area contributed by atoms with Gasteiger partial charge in [0.15, 0.2) is 0 Å². The number of hydrogen-bond donors (Lipinski definition) is 0. The second kappa shape index (κ2) is 9.42. The summed E-state index contributed by atoms with van der Waals surface area (Å²) in [5.41, 5.74) is 0. The van der Waals surface area contributed by atoms with E-state index in [0.717, 1.165) is 0 Å². The Labute approximate surface area is 82.5 Å². The molecule has 0 nitrogen and oxygen atoms in total. The van der Waals surface area contributed by atoms with Gasteiger partial charge < -0.3 is 0 Å². The second-order valence-electron chi connectivity index (χ2n) is 2.14. The molecule has 0 amide bonds. The molecule has 0 N–H and O–H groups in total. The van der Waals surface area contributed by atoms with E-state index in [1.807, 2.05) is 0 Å². The maximum atomic E-state index is 2.23. The van der Waals surface area contributed by atoms with Gasteiger partial charge in [-0.15, -0.1) is 12.4 Å². The van der Waals surface area contributed by atoms with E-state index in [0.29, 0.717) is 0 Å². The van der Waals surface area contributed by atoms with Crippen LogP contribution in [0.25, 0.3) is 0 Å². The standard InChI is InChI=1S/C8H12.ClH.Ir/c1-2-4-6-8-7-5-3-1;;/h1-4H,5-8H2;1H;. The minimum absolute atomic E-state index is 0. The van der Waals surface area contributed by atoms with Gasteiger partial charge in [0.05, 0.1) is 0 Å². The summed E-state index contributed by atoms with van der Waals surface area (Å²) in [4.78, 5) is 0. The van der Waals surface area contributed by atoms with E-state index in [9.17, 15) is 0 Å². The smallest absolute Gasteiger partial charge is 0 e. The number of hydrogen-bond acceptors (Lipinski definition) is 0. The fourth-order valence-corrected chi connectivity index (χ4v) is 0.874. The van der Waals surface area contributed by atoms with Gasteiger partial charge in [-0.05, 0) is 25.7 Å². The van der Waals surface area contributed by atoms with Crippen molar-refractivity contribution in [1.29, 1.82) is 0 Å². The van der Waals surface area contributed by atoms with Gasteiger partial charge in [-0.2, -0.15) is 0 Å². The number of allylic oxidation sites excluding steroid dienone is 4. The predicted molar refractivity (Wildman–Crippen MR) is 44.0 cm³/mol.